The molecule has 0 fully saturated rings. The van der Waals surface area contributed by atoms with Crippen LogP contribution in [-0.2, 0) is 0 Å². The van der Waals surface area contributed by atoms with Gasteiger partial charge in [0.15, 0.2) is 0 Å². The summed E-state index contributed by atoms with van der Waals surface area (Å²) in [7, 11) is 0. The third kappa shape index (κ3) is 8.94. The van der Waals surface area contributed by atoms with Gasteiger partial charge in [-0.15, -0.1) is 0 Å². The lowest BCUT2D eigenvalue weighted by atomic mass is 10.0. The highest BCUT2D eigenvalue weighted by molar-refractivity contribution is 7.99. The number of benzene rings is 1. The molecule has 0 atom stereocenters. The molecule has 150 valence electrons. The number of carbonyl (C=O) groups is 3. The van der Waals surface area contributed by atoms with Crippen molar-refractivity contribution in [1.82, 2.24) is 16.0 Å². The molecule has 0 aliphatic heterocycles. The van der Waals surface area contributed by atoms with Crippen molar-refractivity contribution in [3.63, 3.8) is 0 Å². The van der Waals surface area contributed by atoms with Crippen LogP contribution in [0.2, 0.25) is 0 Å². The van der Waals surface area contributed by atoms with Gasteiger partial charge in [-0.2, -0.15) is 35.3 Å². The molecule has 6 nitrogen and oxygen atoms in total. The highest BCUT2D eigenvalue weighted by Gasteiger charge is 2.16. The summed E-state index contributed by atoms with van der Waals surface area (Å²) in [6, 6.07) is 4.59. The molecule has 9 heteroatoms. The minimum atomic E-state index is -0.291. The highest BCUT2D eigenvalue weighted by Crippen LogP contribution is 2.12. The van der Waals surface area contributed by atoms with Crippen LogP contribution in [0, 0.1) is 0 Å². The van der Waals surface area contributed by atoms with Crippen LogP contribution < -0.4 is 16.0 Å². The van der Waals surface area contributed by atoms with Crippen molar-refractivity contribution in [2.45, 2.75) is 0 Å². The number of amides is 3. The van der Waals surface area contributed by atoms with Gasteiger partial charge >= 0.3 is 0 Å². The Balaban J connectivity index is 3.01. The number of nitrogens with one attached hydrogen (secondary N) is 3. The maximum atomic E-state index is 12.4. The Bertz CT molecular complexity index is 543. The van der Waals surface area contributed by atoms with Crippen molar-refractivity contribution in [2.24, 2.45) is 0 Å². The molecule has 0 saturated heterocycles. The number of thioether (sulfide) groups is 3. The van der Waals surface area contributed by atoms with Gasteiger partial charge in [0.2, 0.25) is 0 Å². The minimum absolute atomic E-state index is 0.291. The van der Waals surface area contributed by atoms with Crippen LogP contribution in [0.3, 0.4) is 0 Å². The zero-order valence-corrected chi connectivity index (χ0v) is 18.4. The van der Waals surface area contributed by atoms with Crippen molar-refractivity contribution in [3.05, 3.63) is 34.9 Å². The molecule has 1 rings (SSSR count). The van der Waals surface area contributed by atoms with Crippen LogP contribution in [0.5, 0.6) is 0 Å². The summed E-state index contributed by atoms with van der Waals surface area (Å²) in [5.41, 5.74) is 0.927. The lowest BCUT2D eigenvalue weighted by Gasteiger charge is -2.11. The monoisotopic (exact) mass is 429 g/mol. The van der Waals surface area contributed by atoms with Gasteiger partial charge in [0.25, 0.3) is 17.7 Å². The van der Waals surface area contributed by atoms with E-state index in [4.69, 9.17) is 0 Å². The number of hydrogen-bond acceptors (Lipinski definition) is 6. The fourth-order valence-electron chi connectivity index (χ4n) is 2.13. The number of rotatable bonds is 12. The SMILES string of the molecule is CSCCNC(=O)c1cc(C(=O)NCCSC)cc(C(=O)NCCSC)c1. The van der Waals surface area contributed by atoms with E-state index < -0.39 is 0 Å². The van der Waals surface area contributed by atoms with Crippen LogP contribution in [-0.4, -0.2) is 73.4 Å². The molecule has 0 spiro atoms. The van der Waals surface area contributed by atoms with E-state index in [1.54, 1.807) is 35.3 Å². The van der Waals surface area contributed by atoms with Crippen LogP contribution in [0.4, 0.5) is 0 Å². The second-order valence-electron chi connectivity index (χ2n) is 5.55. The second-order valence-corrected chi connectivity index (χ2v) is 8.50. The van der Waals surface area contributed by atoms with Crippen molar-refractivity contribution in [2.75, 3.05) is 55.7 Å². The maximum Gasteiger partial charge on any atom is 0.251 e. The Morgan fingerprint density at radius 3 is 1.11 bits per heavy atom. The normalized spacial score (nSPS) is 10.3. The smallest absolute Gasteiger partial charge is 0.251 e. The predicted molar refractivity (Wildman–Crippen MR) is 119 cm³/mol. The zero-order chi connectivity index (χ0) is 20.1. The van der Waals surface area contributed by atoms with Gasteiger partial charge in [-0.1, -0.05) is 0 Å². The van der Waals surface area contributed by atoms with E-state index in [2.05, 4.69) is 16.0 Å². The van der Waals surface area contributed by atoms with E-state index >= 15 is 0 Å². The van der Waals surface area contributed by atoms with E-state index in [-0.39, 0.29) is 17.7 Å². The molecule has 1 aromatic rings. The molecule has 0 aliphatic rings. The quantitative estimate of drug-likeness (QED) is 0.440. The first kappa shape index (κ1) is 23.7. The summed E-state index contributed by atoms with van der Waals surface area (Å²) >= 11 is 4.89. The van der Waals surface area contributed by atoms with Gasteiger partial charge in [-0.05, 0) is 37.0 Å². The number of carbonyl (C=O) groups excluding carboxylic acids is 3. The van der Waals surface area contributed by atoms with Crippen LogP contribution >= 0.6 is 35.3 Å². The average molecular weight is 430 g/mol. The number of hydrogen-bond donors (Lipinski definition) is 3. The highest BCUT2D eigenvalue weighted by atomic mass is 32.2. The van der Waals surface area contributed by atoms with Gasteiger partial charge in [-0.25, -0.2) is 0 Å². The standard InChI is InChI=1S/C18H27N3O3S3/c1-25-7-4-19-16(22)13-10-14(17(23)20-5-8-26-2)12-15(11-13)18(24)21-6-9-27-3/h10-12H,4-9H2,1-3H3,(H,19,22)(H,20,23)(H,21,24). The van der Waals surface area contributed by atoms with Crippen molar-refractivity contribution in [1.29, 1.82) is 0 Å². The van der Waals surface area contributed by atoms with Gasteiger partial charge < -0.3 is 16.0 Å². The van der Waals surface area contributed by atoms with Crippen molar-refractivity contribution < 1.29 is 14.4 Å². The van der Waals surface area contributed by atoms with Crippen LogP contribution in [0.1, 0.15) is 31.1 Å². The molecule has 0 heterocycles. The van der Waals surface area contributed by atoms with E-state index in [1.165, 1.54) is 18.2 Å². The maximum absolute atomic E-state index is 12.4. The molecule has 0 aromatic heterocycles. The molecule has 3 amide bonds. The average Bonchev–Trinajstić information content (AvgIpc) is 2.67. The van der Waals surface area contributed by atoms with Gasteiger partial charge in [0, 0.05) is 53.6 Å². The van der Waals surface area contributed by atoms with Gasteiger partial charge in [0.05, 0.1) is 0 Å². The Morgan fingerprint density at radius 1 is 0.630 bits per heavy atom. The molecule has 0 unspecified atom stereocenters. The fraction of sp³-hybridized carbons (Fsp3) is 0.500. The van der Waals surface area contributed by atoms with E-state index in [1.807, 2.05) is 18.8 Å². The molecule has 0 aliphatic carbocycles. The topological polar surface area (TPSA) is 87.3 Å². The van der Waals surface area contributed by atoms with Crippen LogP contribution in [0.15, 0.2) is 18.2 Å². The third-order valence-electron chi connectivity index (χ3n) is 3.49. The Labute approximate surface area is 173 Å². The third-order valence-corrected chi connectivity index (χ3v) is 5.33. The summed E-state index contributed by atoms with van der Waals surface area (Å²) in [5, 5.41) is 8.42. The van der Waals surface area contributed by atoms with E-state index in [0.29, 0.717) is 36.3 Å². The largest absolute Gasteiger partial charge is 0.351 e. The summed E-state index contributed by atoms with van der Waals surface area (Å²) < 4.78 is 0. The zero-order valence-electron chi connectivity index (χ0n) is 15.9. The first-order valence-electron chi connectivity index (χ1n) is 8.50. The molecular weight excluding hydrogens is 402 g/mol. The Morgan fingerprint density at radius 2 is 0.889 bits per heavy atom. The second kappa shape index (κ2) is 13.8. The van der Waals surface area contributed by atoms with Gasteiger partial charge in [-0.3, -0.25) is 14.4 Å². The van der Waals surface area contributed by atoms with E-state index in [9.17, 15) is 14.4 Å². The molecule has 0 bridgehead atoms. The van der Waals surface area contributed by atoms with Crippen molar-refractivity contribution >= 4 is 53.0 Å². The first-order chi connectivity index (χ1) is 13.0. The summed E-state index contributed by atoms with van der Waals surface area (Å²) in [6.07, 6.45) is 5.88. The van der Waals surface area contributed by atoms with E-state index in [0.717, 1.165) is 17.3 Å². The first-order valence-corrected chi connectivity index (χ1v) is 12.7. The summed E-state index contributed by atoms with van der Waals surface area (Å²) in [5.74, 6) is 1.51. The minimum Gasteiger partial charge on any atom is -0.351 e. The predicted octanol–water partition coefficient (Wildman–Crippen LogP) is 1.97. The van der Waals surface area contributed by atoms with Crippen molar-refractivity contribution in [3.8, 4) is 0 Å². The van der Waals surface area contributed by atoms with Gasteiger partial charge in [0.1, 0.15) is 0 Å². The molecular formula is C18H27N3O3S3. The Hall–Kier alpha value is -1.32. The summed E-state index contributed by atoms with van der Waals surface area (Å²) in [4.78, 5) is 37.2. The lowest BCUT2D eigenvalue weighted by Crippen LogP contribution is -2.30. The molecule has 27 heavy (non-hydrogen) atoms. The lowest BCUT2D eigenvalue weighted by molar-refractivity contribution is 0.0955. The fourth-order valence-corrected chi connectivity index (χ4v) is 3.05. The Kier molecular flexibility index (Phi) is 12.1. The molecule has 3 N–H and O–H groups in total. The molecule has 0 saturated carbocycles. The van der Waals surface area contributed by atoms with Crippen LogP contribution in [0.25, 0.3) is 0 Å². The molecule has 1 aromatic carbocycles. The summed E-state index contributed by atoms with van der Waals surface area (Å²) in [6.45, 7) is 1.58. The molecule has 0 radical (unpaired) electrons.